The van der Waals surface area contributed by atoms with Crippen molar-refractivity contribution in [3.8, 4) is 5.75 Å². The topological polar surface area (TPSA) is 75.7 Å². The van der Waals surface area contributed by atoms with Crippen LogP contribution in [0.2, 0.25) is 0 Å². The molecule has 4 aliphatic rings. The molecule has 4 fully saturated rings. The summed E-state index contributed by atoms with van der Waals surface area (Å²) in [7, 11) is -2.36. The maximum Gasteiger partial charge on any atom is 0.264 e. The van der Waals surface area contributed by atoms with Gasteiger partial charge in [-0.1, -0.05) is 17.7 Å². The van der Waals surface area contributed by atoms with Crippen LogP contribution >= 0.6 is 0 Å². The molecule has 6 rings (SSSR count). The molecule has 1 amide bonds. The van der Waals surface area contributed by atoms with E-state index in [-0.39, 0.29) is 22.9 Å². The Bertz CT molecular complexity index is 1090. The molecule has 0 spiro atoms. The van der Waals surface area contributed by atoms with E-state index >= 15 is 0 Å². The van der Waals surface area contributed by atoms with Gasteiger partial charge in [0.05, 0.1) is 17.7 Å². The van der Waals surface area contributed by atoms with Crippen molar-refractivity contribution in [3.63, 3.8) is 0 Å². The van der Waals surface area contributed by atoms with Gasteiger partial charge in [-0.2, -0.15) is 0 Å². The van der Waals surface area contributed by atoms with Crippen molar-refractivity contribution in [2.45, 2.75) is 55.9 Å². The Balaban J connectivity index is 1.42. The van der Waals surface area contributed by atoms with Gasteiger partial charge in [0, 0.05) is 5.54 Å². The van der Waals surface area contributed by atoms with Crippen LogP contribution in [0.25, 0.3) is 0 Å². The van der Waals surface area contributed by atoms with E-state index in [1.165, 1.54) is 23.6 Å². The third kappa shape index (κ3) is 4.35. The van der Waals surface area contributed by atoms with Gasteiger partial charge < -0.3 is 10.1 Å². The first-order valence-corrected chi connectivity index (χ1v) is 13.2. The Hall–Kier alpha value is -2.54. The minimum atomic E-state index is -3.92. The van der Waals surface area contributed by atoms with E-state index in [0.717, 1.165) is 24.8 Å². The van der Waals surface area contributed by atoms with Crippen LogP contribution in [0.15, 0.2) is 53.4 Å². The molecular weight excluding hydrogens is 436 g/mol. The molecule has 0 heterocycles. The summed E-state index contributed by atoms with van der Waals surface area (Å²) in [6, 6.07) is 13.5. The average molecular weight is 469 g/mol. The van der Waals surface area contributed by atoms with Crippen molar-refractivity contribution >= 4 is 21.6 Å². The zero-order chi connectivity index (χ0) is 23.2. The number of amides is 1. The lowest BCUT2D eigenvalue weighted by Crippen LogP contribution is -2.61. The number of sulfonamides is 1. The van der Waals surface area contributed by atoms with Gasteiger partial charge >= 0.3 is 0 Å². The predicted octanol–water partition coefficient (Wildman–Crippen LogP) is 4.28. The van der Waals surface area contributed by atoms with Crippen LogP contribution < -0.4 is 14.4 Å². The lowest BCUT2D eigenvalue weighted by atomic mass is 9.53. The van der Waals surface area contributed by atoms with Crippen molar-refractivity contribution in [1.82, 2.24) is 5.32 Å². The summed E-state index contributed by atoms with van der Waals surface area (Å²) < 4.78 is 33.7. The quantitative estimate of drug-likeness (QED) is 0.658. The molecule has 176 valence electrons. The second-order valence-corrected chi connectivity index (χ2v) is 12.1. The van der Waals surface area contributed by atoms with Crippen LogP contribution in [-0.4, -0.2) is 33.5 Å². The molecule has 0 aliphatic heterocycles. The van der Waals surface area contributed by atoms with Crippen LogP contribution in [0.4, 0.5) is 5.69 Å². The number of benzene rings is 2. The van der Waals surface area contributed by atoms with Crippen molar-refractivity contribution < 1.29 is 17.9 Å². The number of nitrogens with one attached hydrogen (secondary N) is 1. The van der Waals surface area contributed by atoms with E-state index in [9.17, 15) is 13.2 Å². The Kier molecular flexibility index (Phi) is 5.63. The highest BCUT2D eigenvalue weighted by molar-refractivity contribution is 7.92. The lowest BCUT2D eigenvalue weighted by Gasteiger charge is -2.57. The fourth-order valence-corrected chi connectivity index (χ4v) is 8.05. The molecule has 1 N–H and O–H groups in total. The molecule has 0 unspecified atom stereocenters. The van der Waals surface area contributed by atoms with E-state index in [2.05, 4.69) is 5.32 Å². The molecule has 2 aromatic carbocycles. The predicted molar refractivity (Wildman–Crippen MR) is 128 cm³/mol. The SMILES string of the molecule is COc1ccc(N(CC(=O)NC23CC4CC(CC(C4)C2)C3)S(=O)(=O)c2ccc(C)cc2)cc1. The van der Waals surface area contributed by atoms with Crippen LogP contribution in [-0.2, 0) is 14.8 Å². The Morgan fingerprint density at radius 2 is 1.52 bits per heavy atom. The number of carbonyl (C=O) groups is 1. The van der Waals surface area contributed by atoms with Crippen LogP contribution in [0.1, 0.15) is 44.1 Å². The monoisotopic (exact) mass is 468 g/mol. The minimum Gasteiger partial charge on any atom is -0.497 e. The molecule has 4 saturated carbocycles. The Morgan fingerprint density at radius 1 is 0.970 bits per heavy atom. The zero-order valence-electron chi connectivity index (χ0n) is 19.3. The van der Waals surface area contributed by atoms with Crippen molar-refractivity contribution in [2.24, 2.45) is 17.8 Å². The number of nitrogens with zero attached hydrogens (tertiary/aromatic N) is 1. The first kappa shape index (κ1) is 22.3. The van der Waals surface area contributed by atoms with E-state index in [1.54, 1.807) is 55.6 Å². The van der Waals surface area contributed by atoms with Gasteiger partial charge in [0.25, 0.3) is 10.0 Å². The van der Waals surface area contributed by atoms with Crippen molar-refractivity contribution in [3.05, 3.63) is 54.1 Å². The number of hydrogen-bond acceptors (Lipinski definition) is 4. The second-order valence-electron chi connectivity index (χ2n) is 10.3. The van der Waals surface area contributed by atoms with Gasteiger partial charge in [-0.25, -0.2) is 8.42 Å². The molecule has 6 nitrogen and oxygen atoms in total. The highest BCUT2D eigenvalue weighted by Crippen LogP contribution is 2.55. The second kappa shape index (κ2) is 8.35. The van der Waals surface area contributed by atoms with Gasteiger partial charge in [-0.3, -0.25) is 9.10 Å². The van der Waals surface area contributed by atoms with E-state index in [1.807, 2.05) is 6.92 Å². The van der Waals surface area contributed by atoms with Gasteiger partial charge in [0.15, 0.2) is 0 Å². The normalized spacial score (nSPS) is 27.9. The summed E-state index contributed by atoms with van der Waals surface area (Å²) in [4.78, 5) is 13.5. The summed E-state index contributed by atoms with van der Waals surface area (Å²) in [6.07, 6.45) is 6.94. The summed E-state index contributed by atoms with van der Waals surface area (Å²) in [5, 5.41) is 3.31. The molecule has 4 bridgehead atoms. The molecule has 4 aliphatic carbocycles. The Labute approximate surface area is 196 Å². The maximum absolute atomic E-state index is 13.6. The van der Waals surface area contributed by atoms with E-state index in [4.69, 9.17) is 4.74 Å². The zero-order valence-corrected chi connectivity index (χ0v) is 20.1. The summed E-state index contributed by atoms with van der Waals surface area (Å²) in [5.41, 5.74) is 1.26. The molecule has 33 heavy (non-hydrogen) atoms. The molecule has 0 saturated heterocycles. The summed E-state index contributed by atoms with van der Waals surface area (Å²) in [6.45, 7) is 1.67. The first-order chi connectivity index (χ1) is 15.8. The smallest absolute Gasteiger partial charge is 0.264 e. The van der Waals surface area contributed by atoms with Crippen LogP contribution in [0.5, 0.6) is 5.75 Å². The lowest BCUT2D eigenvalue weighted by molar-refractivity contribution is -0.125. The Morgan fingerprint density at radius 3 is 2.03 bits per heavy atom. The average Bonchev–Trinajstić information content (AvgIpc) is 2.76. The number of hydrogen-bond donors (Lipinski definition) is 1. The largest absolute Gasteiger partial charge is 0.497 e. The number of aryl methyl sites for hydroxylation is 1. The number of methoxy groups -OCH3 is 1. The molecule has 7 heteroatoms. The fraction of sp³-hybridized carbons (Fsp3) is 0.500. The number of ether oxygens (including phenoxy) is 1. The first-order valence-electron chi connectivity index (χ1n) is 11.8. The highest BCUT2D eigenvalue weighted by atomic mass is 32.2. The molecule has 0 aromatic heterocycles. The summed E-state index contributed by atoms with van der Waals surface area (Å²) >= 11 is 0. The molecule has 0 atom stereocenters. The molecular formula is C26H32N2O4S. The highest BCUT2D eigenvalue weighted by Gasteiger charge is 2.51. The van der Waals surface area contributed by atoms with Crippen LogP contribution in [0, 0.1) is 24.7 Å². The van der Waals surface area contributed by atoms with Gasteiger partial charge in [0.1, 0.15) is 12.3 Å². The van der Waals surface area contributed by atoms with Gasteiger partial charge in [-0.05, 0) is 99.6 Å². The summed E-state index contributed by atoms with van der Waals surface area (Å²) in [5.74, 6) is 2.49. The number of rotatable bonds is 7. The molecule has 2 aromatic rings. The van der Waals surface area contributed by atoms with Crippen molar-refractivity contribution in [1.29, 1.82) is 0 Å². The van der Waals surface area contributed by atoms with E-state index in [0.29, 0.717) is 29.2 Å². The van der Waals surface area contributed by atoms with Crippen molar-refractivity contribution in [2.75, 3.05) is 18.0 Å². The van der Waals surface area contributed by atoms with Gasteiger partial charge in [-0.15, -0.1) is 0 Å². The molecule has 0 radical (unpaired) electrons. The maximum atomic E-state index is 13.6. The fourth-order valence-electron chi connectivity index (χ4n) is 6.63. The third-order valence-corrected chi connectivity index (χ3v) is 9.49. The third-order valence-electron chi connectivity index (χ3n) is 7.70. The minimum absolute atomic E-state index is 0.162. The van der Waals surface area contributed by atoms with Crippen LogP contribution in [0.3, 0.4) is 0 Å². The number of carbonyl (C=O) groups excluding carboxylic acids is 1. The standard InChI is InChI=1S/C26H32N2O4S/c1-18-3-9-24(10-4-18)33(30,31)28(22-5-7-23(32-2)8-6-22)17-25(29)27-26-14-19-11-20(15-26)13-21(12-19)16-26/h3-10,19-21H,11-17H2,1-2H3,(H,27,29). The van der Waals surface area contributed by atoms with Gasteiger partial charge in [0.2, 0.25) is 5.91 Å². The van der Waals surface area contributed by atoms with E-state index < -0.39 is 10.0 Å². The number of anilines is 1.